The van der Waals surface area contributed by atoms with Crippen molar-refractivity contribution in [1.29, 1.82) is 0 Å². The number of ether oxygens (including phenoxy) is 2. The fraction of sp³-hybridized carbons (Fsp3) is 0.500. The molecule has 1 aromatic carbocycles. The van der Waals surface area contributed by atoms with Gasteiger partial charge in [0.2, 0.25) is 0 Å². The largest absolute Gasteiger partial charge is 0.488 e. The maximum Gasteiger partial charge on any atom is 0.125 e. The molecule has 0 amide bonds. The summed E-state index contributed by atoms with van der Waals surface area (Å²) in [7, 11) is 0. The van der Waals surface area contributed by atoms with Crippen LogP contribution in [0.1, 0.15) is 25.0 Å². The first-order valence-corrected chi connectivity index (χ1v) is 6.18. The van der Waals surface area contributed by atoms with Gasteiger partial charge in [-0.1, -0.05) is 15.9 Å². The third-order valence-corrected chi connectivity index (χ3v) is 3.10. The lowest BCUT2D eigenvalue weighted by Gasteiger charge is -2.17. The van der Waals surface area contributed by atoms with Crippen molar-refractivity contribution in [3.8, 4) is 5.75 Å². The molecule has 0 bridgehead atoms. The van der Waals surface area contributed by atoms with E-state index in [0.717, 1.165) is 28.8 Å². The molecule has 1 N–H and O–H groups in total. The maximum absolute atomic E-state index is 9.67. The van der Waals surface area contributed by atoms with Crippen molar-refractivity contribution < 1.29 is 14.6 Å². The second-order valence-corrected chi connectivity index (χ2v) is 4.88. The maximum atomic E-state index is 9.67. The Balaban J connectivity index is 2.18. The Morgan fingerprint density at radius 2 is 2.38 bits per heavy atom. The van der Waals surface area contributed by atoms with Gasteiger partial charge in [0.25, 0.3) is 0 Å². The van der Waals surface area contributed by atoms with Crippen LogP contribution in [-0.4, -0.2) is 24.4 Å². The number of benzene rings is 1. The van der Waals surface area contributed by atoms with Crippen LogP contribution < -0.4 is 4.74 Å². The Morgan fingerprint density at radius 3 is 3.00 bits per heavy atom. The van der Waals surface area contributed by atoms with Gasteiger partial charge in [-0.3, -0.25) is 0 Å². The summed E-state index contributed by atoms with van der Waals surface area (Å²) < 4.78 is 12.0. The van der Waals surface area contributed by atoms with Crippen LogP contribution in [0.15, 0.2) is 22.7 Å². The van der Waals surface area contributed by atoms with Gasteiger partial charge in [0, 0.05) is 16.5 Å². The molecule has 88 valence electrons. The molecular weight excluding hydrogens is 272 g/mol. The van der Waals surface area contributed by atoms with E-state index < -0.39 is 6.10 Å². The highest BCUT2D eigenvalue weighted by Crippen LogP contribution is 2.30. The minimum Gasteiger partial charge on any atom is -0.488 e. The molecule has 16 heavy (non-hydrogen) atoms. The van der Waals surface area contributed by atoms with Crippen LogP contribution in [0.3, 0.4) is 0 Å². The van der Waals surface area contributed by atoms with Crippen LogP contribution in [-0.2, 0) is 4.74 Å². The molecule has 4 heteroatoms. The molecule has 0 spiro atoms. The summed E-state index contributed by atoms with van der Waals surface area (Å²) in [5.74, 6) is 0.744. The molecular formula is C12H15BrO3. The fourth-order valence-electron chi connectivity index (χ4n) is 1.74. The summed E-state index contributed by atoms with van der Waals surface area (Å²) in [6.45, 7) is 3.13. The highest BCUT2D eigenvalue weighted by atomic mass is 79.9. The first-order valence-electron chi connectivity index (χ1n) is 5.38. The molecule has 2 atom stereocenters. The lowest BCUT2D eigenvalue weighted by Crippen LogP contribution is -2.17. The average Bonchev–Trinajstić information content (AvgIpc) is 2.73. The van der Waals surface area contributed by atoms with E-state index in [0.29, 0.717) is 6.61 Å². The van der Waals surface area contributed by atoms with Crippen LogP contribution in [0.2, 0.25) is 0 Å². The second-order valence-electron chi connectivity index (χ2n) is 3.96. The van der Waals surface area contributed by atoms with Crippen molar-refractivity contribution in [2.24, 2.45) is 0 Å². The van der Waals surface area contributed by atoms with Crippen LogP contribution in [0.5, 0.6) is 5.75 Å². The van der Waals surface area contributed by atoms with Gasteiger partial charge in [-0.15, -0.1) is 0 Å². The molecule has 1 fully saturated rings. The number of hydrogen-bond donors (Lipinski definition) is 1. The average molecular weight is 287 g/mol. The Hall–Kier alpha value is -0.580. The summed E-state index contributed by atoms with van der Waals surface area (Å²) in [6, 6.07) is 5.68. The van der Waals surface area contributed by atoms with Gasteiger partial charge in [0.05, 0.1) is 19.3 Å². The van der Waals surface area contributed by atoms with Crippen LogP contribution in [0, 0.1) is 0 Å². The van der Waals surface area contributed by atoms with Crippen molar-refractivity contribution in [3.63, 3.8) is 0 Å². The quantitative estimate of drug-likeness (QED) is 0.929. The predicted octanol–water partition coefficient (Wildman–Crippen LogP) is 2.67. The first-order chi connectivity index (χ1) is 7.66. The highest BCUT2D eigenvalue weighted by molar-refractivity contribution is 9.10. The third kappa shape index (κ3) is 2.75. The van der Waals surface area contributed by atoms with Crippen molar-refractivity contribution in [2.75, 3.05) is 13.2 Å². The molecule has 0 aromatic heterocycles. The topological polar surface area (TPSA) is 38.7 Å². The molecule has 1 unspecified atom stereocenters. The molecule has 2 rings (SSSR count). The summed E-state index contributed by atoms with van der Waals surface area (Å²) >= 11 is 3.39. The van der Waals surface area contributed by atoms with Gasteiger partial charge >= 0.3 is 0 Å². The van der Waals surface area contributed by atoms with E-state index in [9.17, 15) is 5.11 Å². The summed E-state index contributed by atoms with van der Waals surface area (Å²) in [6.07, 6.45) is 0.489. The number of rotatable bonds is 3. The number of aliphatic hydroxyl groups is 1. The van der Waals surface area contributed by atoms with Gasteiger partial charge in [-0.2, -0.15) is 0 Å². The van der Waals surface area contributed by atoms with E-state index in [1.54, 1.807) is 6.92 Å². The Kier molecular flexibility index (Phi) is 3.84. The minimum atomic E-state index is -0.533. The smallest absolute Gasteiger partial charge is 0.125 e. The number of aliphatic hydroxyl groups excluding tert-OH is 1. The summed E-state index contributed by atoms with van der Waals surface area (Å²) in [4.78, 5) is 0. The van der Waals surface area contributed by atoms with Crippen molar-refractivity contribution in [3.05, 3.63) is 28.2 Å². The number of hydrogen-bond acceptors (Lipinski definition) is 3. The molecule has 0 saturated carbocycles. The first kappa shape index (κ1) is 11.9. The van der Waals surface area contributed by atoms with Crippen LogP contribution >= 0.6 is 15.9 Å². The lowest BCUT2D eigenvalue weighted by atomic mass is 10.1. The van der Waals surface area contributed by atoms with E-state index in [-0.39, 0.29) is 6.10 Å². The van der Waals surface area contributed by atoms with Gasteiger partial charge in [0.1, 0.15) is 11.9 Å². The zero-order valence-corrected chi connectivity index (χ0v) is 10.7. The van der Waals surface area contributed by atoms with Crippen molar-refractivity contribution in [1.82, 2.24) is 0 Å². The molecule has 1 aliphatic rings. The van der Waals surface area contributed by atoms with Gasteiger partial charge in [-0.05, 0) is 25.1 Å². The van der Waals surface area contributed by atoms with Crippen molar-refractivity contribution in [2.45, 2.75) is 25.6 Å². The monoisotopic (exact) mass is 286 g/mol. The van der Waals surface area contributed by atoms with E-state index >= 15 is 0 Å². The molecule has 0 radical (unpaired) electrons. The lowest BCUT2D eigenvalue weighted by molar-refractivity contribution is 0.135. The summed E-state index contributed by atoms with van der Waals surface area (Å²) in [5.41, 5.74) is 0.807. The Morgan fingerprint density at radius 1 is 1.56 bits per heavy atom. The Labute approximate surface area is 104 Å². The molecule has 0 aliphatic carbocycles. The third-order valence-electron chi connectivity index (χ3n) is 2.60. The summed E-state index contributed by atoms with van der Waals surface area (Å²) in [5, 5.41) is 9.67. The van der Waals surface area contributed by atoms with E-state index in [1.165, 1.54) is 0 Å². The van der Waals surface area contributed by atoms with Crippen LogP contribution in [0.4, 0.5) is 0 Å². The fourth-order valence-corrected chi connectivity index (χ4v) is 2.12. The van der Waals surface area contributed by atoms with Crippen molar-refractivity contribution >= 4 is 15.9 Å². The normalized spacial score (nSPS) is 22.1. The molecule has 3 nitrogen and oxygen atoms in total. The van der Waals surface area contributed by atoms with Gasteiger partial charge in [0.15, 0.2) is 0 Å². The number of halogens is 1. The SMILES string of the molecule is C[C@H](O)c1cc(Br)ccc1OC1CCOC1. The van der Waals surface area contributed by atoms with E-state index in [2.05, 4.69) is 15.9 Å². The van der Waals surface area contributed by atoms with Gasteiger partial charge < -0.3 is 14.6 Å². The standard InChI is InChI=1S/C12H15BrO3/c1-8(14)11-6-9(13)2-3-12(11)16-10-4-5-15-7-10/h2-3,6,8,10,14H,4-5,7H2,1H3/t8-,10?/m0/s1. The molecule has 1 heterocycles. The van der Waals surface area contributed by atoms with E-state index in [4.69, 9.17) is 9.47 Å². The minimum absolute atomic E-state index is 0.110. The molecule has 1 saturated heterocycles. The van der Waals surface area contributed by atoms with Gasteiger partial charge in [-0.25, -0.2) is 0 Å². The zero-order chi connectivity index (χ0) is 11.5. The van der Waals surface area contributed by atoms with Crippen LogP contribution in [0.25, 0.3) is 0 Å². The zero-order valence-electron chi connectivity index (χ0n) is 9.15. The molecule has 1 aromatic rings. The van der Waals surface area contributed by atoms with E-state index in [1.807, 2.05) is 18.2 Å². The molecule has 1 aliphatic heterocycles. The second kappa shape index (κ2) is 5.17. The predicted molar refractivity (Wildman–Crippen MR) is 64.6 cm³/mol. The highest BCUT2D eigenvalue weighted by Gasteiger charge is 2.19. The Bertz CT molecular complexity index is 359.